The van der Waals surface area contributed by atoms with Crippen molar-refractivity contribution in [2.45, 2.75) is 23.8 Å². The standard InChI is InChI=1S/C14H15N3O3S2/c1-2-7-21-14-17-16-13(22-14)15-12(18)11-8-19-9-5-3-4-6-10(9)20-11/h3-6,11H,2,7-8H2,1H3,(H,15,16,18)/t11-/m0/s1. The highest BCUT2D eigenvalue weighted by Crippen LogP contribution is 2.31. The Bertz CT molecular complexity index is 662. The first-order valence-electron chi connectivity index (χ1n) is 6.92. The molecule has 0 unspecified atom stereocenters. The quantitative estimate of drug-likeness (QED) is 0.668. The Morgan fingerprint density at radius 3 is 3.05 bits per heavy atom. The van der Waals surface area contributed by atoms with Gasteiger partial charge >= 0.3 is 0 Å². The minimum atomic E-state index is -0.689. The highest BCUT2D eigenvalue weighted by atomic mass is 32.2. The number of carbonyl (C=O) groups excluding carboxylic acids is 1. The zero-order valence-electron chi connectivity index (χ0n) is 11.9. The molecule has 1 aliphatic rings. The van der Waals surface area contributed by atoms with Crippen molar-refractivity contribution in [2.24, 2.45) is 0 Å². The fourth-order valence-electron chi connectivity index (χ4n) is 1.84. The normalized spacial score (nSPS) is 16.3. The van der Waals surface area contributed by atoms with Crippen molar-refractivity contribution in [1.29, 1.82) is 0 Å². The number of thioether (sulfide) groups is 1. The van der Waals surface area contributed by atoms with Gasteiger partial charge in [-0.25, -0.2) is 0 Å². The van der Waals surface area contributed by atoms with Crippen LogP contribution >= 0.6 is 23.1 Å². The summed E-state index contributed by atoms with van der Waals surface area (Å²) >= 11 is 3.00. The average molecular weight is 337 g/mol. The van der Waals surface area contributed by atoms with Crippen LogP contribution in [0, 0.1) is 0 Å². The summed E-state index contributed by atoms with van der Waals surface area (Å²) < 4.78 is 12.0. The van der Waals surface area contributed by atoms with Crippen molar-refractivity contribution in [2.75, 3.05) is 17.7 Å². The fourth-order valence-corrected chi connectivity index (χ4v) is 3.52. The van der Waals surface area contributed by atoms with Gasteiger partial charge in [-0.15, -0.1) is 10.2 Å². The number of ether oxygens (including phenoxy) is 2. The molecule has 0 radical (unpaired) electrons. The Balaban J connectivity index is 1.60. The molecule has 0 bridgehead atoms. The van der Waals surface area contributed by atoms with Gasteiger partial charge in [0.1, 0.15) is 6.61 Å². The molecule has 8 heteroatoms. The number of nitrogens with zero attached hydrogens (tertiary/aromatic N) is 2. The monoisotopic (exact) mass is 337 g/mol. The highest BCUT2D eigenvalue weighted by molar-refractivity contribution is 8.01. The Morgan fingerprint density at radius 1 is 1.41 bits per heavy atom. The van der Waals surface area contributed by atoms with Gasteiger partial charge in [-0.1, -0.05) is 42.2 Å². The zero-order valence-corrected chi connectivity index (χ0v) is 13.6. The predicted molar refractivity (Wildman–Crippen MR) is 85.9 cm³/mol. The summed E-state index contributed by atoms with van der Waals surface area (Å²) in [5.74, 6) is 1.93. The lowest BCUT2D eigenvalue weighted by Gasteiger charge is -2.25. The van der Waals surface area contributed by atoms with Crippen LogP contribution in [0.2, 0.25) is 0 Å². The second-order valence-electron chi connectivity index (χ2n) is 4.58. The molecule has 1 amide bonds. The molecule has 3 rings (SSSR count). The molecule has 1 aliphatic heterocycles. The molecule has 6 nitrogen and oxygen atoms in total. The largest absolute Gasteiger partial charge is 0.485 e. The number of carbonyl (C=O) groups is 1. The van der Waals surface area contributed by atoms with Crippen molar-refractivity contribution in [1.82, 2.24) is 10.2 Å². The van der Waals surface area contributed by atoms with E-state index in [2.05, 4.69) is 22.4 Å². The first kappa shape index (κ1) is 15.1. The van der Waals surface area contributed by atoms with Crippen LogP contribution in [-0.4, -0.2) is 34.6 Å². The Labute approximate surface area is 136 Å². The number of hydrogen-bond acceptors (Lipinski definition) is 7. The number of benzene rings is 1. The average Bonchev–Trinajstić information content (AvgIpc) is 2.99. The molecule has 0 spiro atoms. The molecule has 116 valence electrons. The van der Waals surface area contributed by atoms with Crippen LogP contribution < -0.4 is 14.8 Å². The molecule has 0 aliphatic carbocycles. The molecule has 0 fully saturated rings. The van der Waals surface area contributed by atoms with E-state index in [1.54, 1.807) is 17.8 Å². The van der Waals surface area contributed by atoms with E-state index in [0.29, 0.717) is 16.6 Å². The van der Waals surface area contributed by atoms with E-state index >= 15 is 0 Å². The van der Waals surface area contributed by atoms with Gasteiger partial charge in [0.05, 0.1) is 0 Å². The summed E-state index contributed by atoms with van der Waals surface area (Å²) in [4.78, 5) is 12.2. The van der Waals surface area contributed by atoms with E-state index in [1.807, 2.05) is 18.2 Å². The van der Waals surface area contributed by atoms with Gasteiger partial charge in [-0.3, -0.25) is 10.1 Å². The number of nitrogens with one attached hydrogen (secondary N) is 1. The van der Waals surface area contributed by atoms with E-state index < -0.39 is 6.10 Å². The number of fused-ring (bicyclic) bond motifs is 1. The van der Waals surface area contributed by atoms with E-state index in [4.69, 9.17) is 9.47 Å². The summed E-state index contributed by atoms with van der Waals surface area (Å²) in [7, 11) is 0. The summed E-state index contributed by atoms with van der Waals surface area (Å²) in [5.41, 5.74) is 0. The minimum absolute atomic E-state index is 0.180. The van der Waals surface area contributed by atoms with Gasteiger partial charge in [0.15, 0.2) is 15.8 Å². The third kappa shape index (κ3) is 3.50. The molecule has 1 atom stereocenters. The second kappa shape index (κ2) is 6.97. The fraction of sp³-hybridized carbons (Fsp3) is 0.357. The molecule has 0 saturated carbocycles. The van der Waals surface area contributed by atoms with Gasteiger partial charge in [-0.05, 0) is 18.6 Å². The van der Waals surface area contributed by atoms with Crippen LogP contribution in [0.3, 0.4) is 0 Å². The van der Waals surface area contributed by atoms with Crippen LogP contribution in [-0.2, 0) is 4.79 Å². The van der Waals surface area contributed by atoms with Crippen LogP contribution in [0.5, 0.6) is 11.5 Å². The molecule has 1 N–H and O–H groups in total. The molecular weight excluding hydrogens is 322 g/mol. The Hall–Kier alpha value is -1.80. The summed E-state index contributed by atoms with van der Waals surface area (Å²) in [6, 6.07) is 7.29. The maximum Gasteiger partial charge on any atom is 0.270 e. The molecule has 0 saturated heterocycles. The van der Waals surface area contributed by atoms with E-state index in [1.165, 1.54) is 11.3 Å². The number of aromatic nitrogens is 2. The van der Waals surface area contributed by atoms with E-state index in [9.17, 15) is 4.79 Å². The van der Waals surface area contributed by atoms with Crippen molar-refractivity contribution in [3.63, 3.8) is 0 Å². The summed E-state index contributed by atoms with van der Waals surface area (Å²) in [6.45, 7) is 2.29. The topological polar surface area (TPSA) is 73.3 Å². The third-order valence-electron chi connectivity index (χ3n) is 2.87. The van der Waals surface area contributed by atoms with Gasteiger partial charge in [0, 0.05) is 5.75 Å². The van der Waals surface area contributed by atoms with Crippen molar-refractivity contribution in [3.8, 4) is 11.5 Å². The van der Waals surface area contributed by atoms with Crippen LogP contribution in [0.15, 0.2) is 28.6 Å². The van der Waals surface area contributed by atoms with Crippen molar-refractivity contribution in [3.05, 3.63) is 24.3 Å². The predicted octanol–water partition coefficient (Wildman–Crippen LogP) is 2.82. The number of amides is 1. The lowest BCUT2D eigenvalue weighted by molar-refractivity contribution is -0.125. The van der Waals surface area contributed by atoms with Gasteiger partial charge in [0.2, 0.25) is 11.2 Å². The molecule has 22 heavy (non-hydrogen) atoms. The third-order valence-corrected chi connectivity index (χ3v) is 5.05. The maximum atomic E-state index is 12.2. The highest BCUT2D eigenvalue weighted by Gasteiger charge is 2.28. The van der Waals surface area contributed by atoms with Crippen LogP contribution in [0.1, 0.15) is 13.3 Å². The van der Waals surface area contributed by atoms with E-state index in [-0.39, 0.29) is 12.5 Å². The number of anilines is 1. The Kier molecular flexibility index (Phi) is 4.79. The second-order valence-corrected chi connectivity index (χ2v) is 6.89. The summed E-state index contributed by atoms with van der Waals surface area (Å²) in [6.07, 6.45) is 0.379. The smallest absolute Gasteiger partial charge is 0.270 e. The number of hydrogen-bond donors (Lipinski definition) is 1. The number of para-hydroxylation sites is 2. The molecule has 1 aromatic carbocycles. The van der Waals surface area contributed by atoms with Gasteiger partial charge in [-0.2, -0.15) is 0 Å². The lowest BCUT2D eigenvalue weighted by Crippen LogP contribution is -2.40. The SMILES string of the molecule is CCCSc1nnc(NC(=O)[C@@H]2COc3ccccc3O2)s1. The van der Waals surface area contributed by atoms with Crippen molar-refractivity contribution < 1.29 is 14.3 Å². The summed E-state index contributed by atoms with van der Waals surface area (Å²) in [5, 5.41) is 11.2. The molecular formula is C14H15N3O3S2. The van der Waals surface area contributed by atoms with Gasteiger partial charge in [0.25, 0.3) is 5.91 Å². The first-order valence-corrected chi connectivity index (χ1v) is 8.72. The van der Waals surface area contributed by atoms with Crippen LogP contribution in [0.25, 0.3) is 0 Å². The van der Waals surface area contributed by atoms with Crippen molar-refractivity contribution >= 4 is 34.1 Å². The maximum absolute atomic E-state index is 12.2. The number of rotatable bonds is 5. The van der Waals surface area contributed by atoms with Gasteiger partial charge < -0.3 is 9.47 Å². The molecule has 2 heterocycles. The molecule has 2 aromatic rings. The lowest BCUT2D eigenvalue weighted by atomic mass is 10.2. The minimum Gasteiger partial charge on any atom is -0.485 e. The molecule has 1 aromatic heterocycles. The zero-order chi connectivity index (χ0) is 15.4. The van der Waals surface area contributed by atoms with Crippen LogP contribution in [0.4, 0.5) is 5.13 Å². The Morgan fingerprint density at radius 2 is 2.23 bits per heavy atom. The first-order chi connectivity index (χ1) is 10.8. The van der Waals surface area contributed by atoms with E-state index in [0.717, 1.165) is 16.5 Å².